The number of amides is 1. The summed E-state index contributed by atoms with van der Waals surface area (Å²) in [6, 6.07) is 36.0. The van der Waals surface area contributed by atoms with Crippen LogP contribution in [0.5, 0.6) is 5.75 Å². The van der Waals surface area contributed by atoms with Gasteiger partial charge in [-0.05, 0) is 52.9 Å². The van der Waals surface area contributed by atoms with Crippen LogP contribution < -0.4 is 10.1 Å². The van der Waals surface area contributed by atoms with Crippen molar-refractivity contribution in [3.63, 3.8) is 0 Å². The molecular formula is C36H38N2O4. The van der Waals surface area contributed by atoms with E-state index in [1.807, 2.05) is 84.9 Å². The van der Waals surface area contributed by atoms with Gasteiger partial charge in [-0.15, -0.1) is 0 Å². The third-order valence-electron chi connectivity index (χ3n) is 7.48. The molecule has 6 nitrogen and oxygen atoms in total. The van der Waals surface area contributed by atoms with Gasteiger partial charge in [0, 0.05) is 31.6 Å². The van der Waals surface area contributed by atoms with E-state index in [0.29, 0.717) is 37.6 Å². The van der Waals surface area contributed by atoms with Crippen molar-refractivity contribution in [2.24, 2.45) is 4.99 Å². The number of carbonyl (C=O) groups is 1. The molecule has 0 fully saturated rings. The predicted octanol–water partition coefficient (Wildman–Crippen LogP) is 6.53. The maximum absolute atomic E-state index is 14.2. The first-order valence-electron chi connectivity index (χ1n) is 14.7. The summed E-state index contributed by atoms with van der Waals surface area (Å²) in [5.74, 6) is 0.984. The lowest BCUT2D eigenvalue weighted by atomic mass is 9.81. The largest absolute Gasteiger partial charge is 0.494 e. The molecule has 2 N–H and O–H groups in total. The third kappa shape index (κ3) is 6.72. The molecule has 0 saturated heterocycles. The van der Waals surface area contributed by atoms with Crippen LogP contribution in [0.4, 0.5) is 0 Å². The van der Waals surface area contributed by atoms with Crippen molar-refractivity contribution in [3.8, 4) is 16.9 Å². The van der Waals surface area contributed by atoms with Crippen molar-refractivity contribution in [2.75, 3.05) is 19.8 Å². The molecule has 4 aromatic carbocycles. The molecule has 1 aliphatic heterocycles. The van der Waals surface area contributed by atoms with Crippen LogP contribution in [0.1, 0.15) is 49.0 Å². The fourth-order valence-corrected chi connectivity index (χ4v) is 5.20. The molecule has 6 heteroatoms. The van der Waals surface area contributed by atoms with Gasteiger partial charge >= 0.3 is 0 Å². The lowest BCUT2D eigenvalue weighted by Gasteiger charge is -2.31. The second-order valence-corrected chi connectivity index (χ2v) is 10.5. The number of nitrogens with one attached hydrogen (secondary N) is 1. The van der Waals surface area contributed by atoms with E-state index in [1.54, 1.807) is 0 Å². The molecule has 42 heavy (non-hydrogen) atoms. The van der Waals surface area contributed by atoms with Crippen molar-refractivity contribution < 1.29 is 19.4 Å². The average molecular weight is 563 g/mol. The molecule has 216 valence electrons. The minimum Gasteiger partial charge on any atom is -0.494 e. The number of nitrogens with zero attached hydrogens (tertiary/aromatic N) is 1. The van der Waals surface area contributed by atoms with Gasteiger partial charge in [-0.2, -0.15) is 0 Å². The Labute approximate surface area is 248 Å². The molecule has 0 bridgehead atoms. The molecule has 0 unspecified atom stereocenters. The van der Waals surface area contributed by atoms with Crippen LogP contribution >= 0.6 is 0 Å². The lowest BCUT2D eigenvalue weighted by Crippen LogP contribution is -2.50. The molecule has 0 aliphatic carbocycles. The summed E-state index contributed by atoms with van der Waals surface area (Å²) in [5, 5.41) is 12.2. The first kappa shape index (κ1) is 29.1. The van der Waals surface area contributed by atoms with E-state index in [0.717, 1.165) is 40.7 Å². The summed E-state index contributed by atoms with van der Waals surface area (Å²) in [6.07, 6.45) is 2.20. The highest BCUT2D eigenvalue weighted by Crippen LogP contribution is 2.43. The Morgan fingerprint density at radius 3 is 2.17 bits per heavy atom. The fraction of sp³-hybridized carbons (Fsp3) is 0.278. The Hall–Kier alpha value is -4.42. The zero-order valence-corrected chi connectivity index (χ0v) is 24.0. The van der Waals surface area contributed by atoms with Crippen LogP contribution in [-0.4, -0.2) is 42.2 Å². The molecule has 1 heterocycles. The smallest absolute Gasteiger partial charge is 0.252 e. The van der Waals surface area contributed by atoms with E-state index in [-0.39, 0.29) is 12.5 Å². The van der Waals surface area contributed by atoms with Gasteiger partial charge in [0.15, 0.2) is 11.6 Å². The van der Waals surface area contributed by atoms with Crippen LogP contribution in [0, 0.1) is 0 Å². The van der Waals surface area contributed by atoms with Crippen LogP contribution in [0.2, 0.25) is 0 Å². The summed E-state index contributed by atoms with van der Waals surface area (Å²) < 4.78 is 12.4. The number of carbonyl (C=O) groups excluding carboxylic acids is 1. The van der Waals surface area contributed by atoms with Crippen molar-refractivity contribution in [1.82, 2.24) is 5.32 Å². The van der Waals surface area contributed by atoms with Crippen LogP contribution in [0.25, 0.3) is 11.1 Å². The standard InChI is InChI=1S/C36H38N2O4/c1-2-3-23-37-35(40)36(26-27-11-6-4-7-12-27)33(30-17-15-29(16-18-30)28-13-8-5-9-14-28)42-34(38-36)31-19-21-32(22-20-31)41-25-10-24-39/h4-9,11-22,33,39H,2-3,10,23-26H2,1H3,(H,37,40)/t33-,36-/m1/s1. The number of unbranched alkanes of at least 4 members (excludes halogenated alkanes) is 1. The molecular weight excluding hydrogens is 524 g/mol. The highest BCUT2D eigenvalue weighted by molar-refractivity contribution is 6.01. The van der Waals surface area contributed by atoms with Gasteiger partial charge in [-0.3, -0.25) is 4.79 Å². The molecule has 0 saturated carbocycles. The van der Waals surface area contributed by atoms with Crippen LogP contribution in [-0.2, 0) is 16.0 Å². The number of ether oxygens (including phenoxy) is 2. The van der Waals surface area contributed by atoms with Gasteiger partial charge in [0.25, 0.3) is 5.91 Å². The SMILES string of the molecule is CCCCNC(=O)[C@]1(Cc2ccccc2)N=C(c2ccc(OCCCO)cc2)O[C@@H]1c1ccc(-c2ccccc2)cc1. The Kier molecular flexibility index (Phi) is 9.67. The monoisotopic (exact) mass is 562 g/mol. The van der Waals surface area contributed by atoms with Crippen LogP contribution in [0.3, 0.4) is 0 Å². The Bertz CT molecular complexity index is 1450. The first-order valence-corrected chi connectivity index (χ1v) is 14.7. The predicted molar refractivity (Wildman–Crippen MR) is 167 cm³/mol. The summed E-state index contributed by atoms with van der Waals surface area (Å²) in [5.41, 5.74) is 3.69. The van der Waals surface area contributed by atoms with Crippen molar-refractivity contribution in [2.45, 2.75) is 44.2 Å². The maximum atomic E-state index is 14.2. The minimum absolute atomic E-state index is 0.0836. The Morgan fingerprint density at radius 2 is 1.50 bits per heavy atom. The zero-order chi connectivity index (χ0) is 29.2. The topological polar surface area (TPSA) is 80.2 Å². The molecule has 5 rings (SSSR count). The van der Waals surface area contributed by atoms with Crippen molar-refractivity contribution in [1.29, 1.82) is 0 Å². The molecule has 2 atom stereocenters. The average Bonchev–Trinajstić information content (AvgIpc) is 3.43. The van der Waals surface area contributed by atoms with Gasteiger partial charge in [0.05, 0.1) is 6.61 Å². The minimum atomic E-state index is -1.20. The van der Waals surface area contributed by atoms with Gasteiger partial charge < -0.3 is 19.9 Å². The number of rotatable bonds is 13. The number of hydrogen-bond donors (Lipinski definition) is 2. The Morgan fingerprint density at radius 1 is 0.857 bits per heavy atom. The molecule has 1 amide bonds. The lowest BCUT2D eigenvalue weighted by molar-refractivity contribution is -0.128. The number of benzene rings is 4. The number of hydrogen-bond acceptors (Lipinski definition) is 5. The fourth-order valence-electron chi connectivity index (χ4n) is 5.20. The quantitative estimate of drug-likeness (QED) is 0.182. The second kappa shape index (κ2) is 14.0. The normalized spacial score (nSPS) is 17.8. The first-order chi connectivity index (χ1) is 20.6. The van der Waals surface area contributed by atoms with Gasteiger partial charge in [-0.25, -0.2) is 4.99 Å². The summed E-state index contributed by atoms with van der Waals surface area (Å²) in [6.45, 7) is 3.21. The van der Waals surface area contributed by atoms with Crippen LogP contribution in [0.15, 0.2) is 114 Å². The van der Waals surface area contributed by atoms with Gasteiger partial charge in [0.2, 0.25) is 5.90 Å². The molecule has 0 radical (unpaired) electrons. The van der Waals surface area contributed by atoms with Gasteiger partial charge in [0.1, 0.15) is 5.75 Å². The van der Waals surface area contributed by atoms with E-state index < -0.39 is 11.6 Å². The highest BCUT2D eigenvalue weighted by atomic mass is 16.5. The summed E-state index contributed by atoms with van der Waals surface area (Å²) in [7, 11) is 0. The van der Waals surface area contributed by atoms with E-state index in [4.69, 9.17) is 19.6 Å². The number of aliphatic imine (C=N–C) groups is 1. The molecule has 0 spiro atoms. The van der Waals surface area contributed by atoms with E-state index >= 15 is 0 Å². The van der Waals surface area contributed by atoms with E-state index in [1.165, 1.54) is 0 Å². The van der Waals surface area contributed by atoms with Crippen molar-refractivity contribution >= 4 is 11.8 Å². The van der Waals surface area contributed by atoms with Crippen molar-refractivity contribution in [3.05, 3.63) is 126 Å². The van der Waals surface area contributed by atoms with E-state index in [9.17, 15) is 4.79 Å². The number of aliphatic hydroxyl groups excluding tert-OH is 1. The summed E-state index contributed by atoms with van der Waals surface area (Å²) in [4.78, 5) is 19.3. The third-order valence-corrected chi connectivity index (χ3v) is 7.48. The van der Waals surface area contributed by atoms with Gasteiger partial charge in [-0.1, -0.05) is 98.3 Å². The number of aliphatic hydroxyl groups is 1. The maximum Gasteiger partial charge on any atom is 0.252 e. The highest BCUT2D eigenvalue weighted by Gasteiger charge is 2.53. The molecule has 1 aliphatic rings. The molecule has 0 aromatic heterocycles. The Balaban J connectivity index is 1.53. The molecule has 4 aromatic rings. The zero-order valence-electron chi connectivity index (χ0n) is 24.0. The summed E-state index contributed by atoms with van der Waals surface area (Å²) >= 11 is 0. The van der Waals surface area contributed by atoms with E-state index in [2.05, 4.69) is 36.5 Å². The second-order valence-electron chi connectivity index (χ2n) is 10.5.